The van der Waals surface area contributed by atoms with E-state index < -0.39 is 6.04 Å². The second-order valence-electron chi connectivity index (χ2n) is 9.04. The summed E-state index contributed by atoms with van der Waals surface area (Å²) in [5, 5.41) is 0.444. The van der Waals surface area contributed by atoms with E-state index in [1.54, 1.807) is 30.2 Å². The van der Waals surface area contributed by atoms with E-state index in [0.29, 0.717) is 51.7 Å². The Kier molecular flexibility index (Phi) is 5.52. The second-order valence-corrected chi connectivity index (χ2v) is 9.04. The fourth-order valence-corrected chi connectivity index (χ4v) is 5.01. The van der Waals surface area contributed by atoms with Crippen LogP contribution in [-0.4, -0.2) is 31.3 Å². The van der Waals surface area contributed by atoms with Gasteiger partial charge in [-0.3, -0.25) is 9.59 Å². The highest BCUT2D eigenvalue weighted by molar-refractivity contribution is 5.99. The third-order valence-corrected chi connectivity index (χ3v) is 6.71. The van der Waals surface area contributed by atoms with E-state index in [0.717, 1.165) is 11.1 Å². The Hall–Kier alpha value is -4.46. The molecule has 0 saturated carbocycles. The zero-order chi connectivity index (χ0) is 25.7. The minimum atomic E-state index is -0.682. The summed E-state index contributed by atoms with van der Waals surface area (Å²) in [5.41, 5.74) is 2.96. The lowest BCUT2D eigenvalue weighted by Gasteiger charge is -2.26. The maximum absolute atomic E-state index is 13.8. The molecule has 188 valence electrons. The van der Waals surface area contributed by atoms with Crippen LogP contribution in [0.1, 0.15) is 45.8 Å². The van der Waals surface area contributed by atoms with Gasteiger partial charge >= 0.3 is 0 Å². The first-order valence-corrected chi connectivity index (χ1v) is 12.1. The predicted molar refractivity (Wildman–Crippen MR) is 136 cm³/mol. The lowest BCUT2D eigenvalue weighted by molar-refractivity contribution is 0.0714. The fourth-order valence-electron chi connectivity index (χ4n) is 5.01. The van der Waals surface area contributed by atoms with Crippen LogP contribution in [0, 0.1) is 6.92 Å². The molecule has 2 aliphatic heterocycles. The molecule has 0 N–H and O–H groups in total. The molecular formula is C29H25NO7. The first-order chi connectivity index (χ1) is 18.0. The van der Waals surface area contributed by atoms with Crippen molar-refractivity contribution in [2.45, 2.75) is 26.4 Å². The average Bonchev–Trinajstić information content (AvgIpc) is 3.48. The van der Waals surface area contributed by atoms with Gasteiger partial charge in [-0.05, 0) is 61.4 Å². The minimum Gasteiger partial charge on any atom is -0.493 e. The van der Waals surface area contributed by atoms with Gasteiger partial charge in [-0.1, -0.05) is 23.8 Å². The van der Waals surface area contributed by atoms with E-state index in [4.69, 9.17) is 23.4 Å². The zero-order valence-corrected chi connectivity index (χ0v) is 20.7. The molecule has 1 aromatic heterocycles. The van der Waals surface area contributed by atoms with Gasteiger partial charge in [-0.25, -0.2) is 0 Å². The fraction of sp³-hybridized carbons (Fsp3) is 0.241. The molecule has 8 heteroatoms. The third-order valence-electron chi connectivity index (χ3n) is 6.71. The second kappa shape index (κ2) is 8.89. The Morgan fingerprint density at radius 2 is 1.81 bits per heavy atom. The minimum absolute atomic E-state index is 0.0555. The summed E-state index contributed by atoms with van der Waals surface area (Å²) >= 11 is 0. The molecule has 1 amide bonds. The van der Waals surface area contributed by atoms with Gasteiger partial charge in [0.05, 0.1) is 30.7 Å². The van der Waals surface area contributed by atoms with Gasteiger partial charge in [-0.2, -0.15) is 0 Å². The van der Waals surface area contributed by atoms with Crippen molar-refractivity contribution in [1.82, 2.24) is 4.90 Å². The number of fused-ring (bicyclic) bond motifs is 3. The summed E-state index contributed by atoms with van der Waals surface area (Å²) in [6.07, 6.45) is 0. The molecule has 6 rings (SSSR count). The smallest absolute Gasteiger partial charge is 0.291 e. The van der Waals surface area contributed by atoms with E-state index in [2.05, 4.69) is 0 Å². The van der Waals surface area contributed by atoms with Crippen LogP contribution in [-0.2, 0) is 6.54 Å². The van der Waals surface area contributed by atoms with Crippen LogP contribution >= 0.6 is 0 Å². The van der Waals surface area contributed by atoms with Crippen LogP contribution in [0.5, 0.6) is 23.0 Å². The molecule has 2 aliphatic rings. The van der Waals surface area contributed by atoms with E-state index >= 15 is 0 Å². The Labute approximate surface area is 212 Å². The molecule has 3 heterocycles. The normalized spacial score (nSPS) is 15.8. The van der Waals surface area contributed by atoms with Crippen LogP contribution in [0.25, 0.3) is 11.0 Å². The Morgan fingerprint density at radius 3 is 2.62 bits per heavy atom. The highest BCUT2D eigenvalue weighted by atomic mass is 16.7. The van der Waals surface area contributed by atoms with Crippen LogP contribution in [0.3, 0.4) is 0 Å². The van der Waals surface area contributed by atoms with Crippen molar-refractivity contribution in [2.75, 3.05) is 20.5 Å². The molecule has 0 radical (unpaired) electrons. The molecule has 37 heavy (non-hydrogen) atoms. The molecular weight excluding hydrogens is 474 g/mol. The molecule has 0 saturated heterocycles. The van der Waals surface area contributed by atoms with Crippen LogP contribution in [0.15, 0.2) is 63.8 Å². The van der Waals surface area contributed by atoms with E-state index in [1.807, 2.05) is 50.2 Å². The molecule has 0 unspecified atom stereocenters. The van der Waals surface area contributed by atoms with Crippen molar-refractivity contribution in [3.8, 4) is 23.0 Å². The largest absolute Gasteiger partial charge is 0.493 e. The Morgan fingerprint density at radius 1 is 0.973 bits per heavy atom. The molecule has 0 aliphatic carbocycles. The SMILES string of the molecule is CCOc1ccc([C@H]2c3c(oc4ccc(C)cc4c3=O)C(=O)N2Cc2ccc3c(c2)OCO3)cc1OC. The van der Waals surface area contributed by atoms with Crippen molar-refractivity contribution in [3.63, 3.8) is 0 Å². The number of carbonyl (C=O) groups is 1. The molecule has 3 aromatic carbocycles. The number of nitrogens with zero attached hydrogens (tertiary/aromatic N) is 1. The number of aryl methyl sites for hydroxylation is 1. The summed E-state index contributed by atoms with van der Waals surface area (Å²) in [6.45, 7) is 4.68. The zero-order valence-electron chi connectivity index (χ0n) is 20.7. The van der Waals surface area contributed by atoms with Gasteiger partial charge in [0.25, 0.3) is 5.91 Å². The first kappa shape index (κ1) is 23.0. The van der Waals surface area contributed by atoms with Gasteiger partial charge in [-0.15, -0.1) is 0 Å². The van der Waals surface area contributed by atoms with Crippen LogP contribution in [0.4, 0.5) is 0 Å². The van der Waals surface area contributed by atoms with Crippen molar-refractivity contribution >= 4 is 16.9 Å². The van der Waals surface area contributed by atoms with E-state index in [1.165, 1.54) is 0 Å². The van der Waals surface area contributed by atoms with Crippen LogP contribution in [0.2, 0.25) is 0 Å². The molecule has 1 atom stereocenters. The van der Waals surface area contributed by atoms with Crippen molar-refractivity contribution in [3.05, 3.63) is 92.8 Å². The monoisotopic (exact) mass is 499 g/mol. The number of carbonyl (C=O) groups excluding carboxylic acids is 1. The topological polar surface area (TPSA) is 87.4 Å². The molecule has 4 aromatic rings. The lowest BCUT2D eigenvalue weighted by atomic mass is 9.97. The summed E-state index contributed by atoms with van der Waals surface area (Å²) in [4.78, 5) is 29.3. The summed E-state index contributed by atoms with van der Waals surface area (Å²) in [7, 11) is 1.56. The van der Waals surface area contributed by atoms with E-state index in [9.17, 15) is 9.59 Å². The highest BCUT2D eigenvalue weighted by Crippen LogP contribution is 2.42. The van der Waals surface area contributed by atoms with Gasteiger partial charge in [0.1, 0.15) is 5.58 Å². The van der Waals surface area contributed by atoms with Gasteiger partial charge in [0.2, 0.25) is 12.6 Å². The maximum atomic E-state index is 13.8. The first-order valence-electron chi connectivity index (χ1n) is 12.1. The maximum Gasteiger partial charge on any atom is 0.291 e. The number of rotatable bonds is 6. The quantitative estimate of drug-likeness (QED) is 0.370. The van der Waals surface area contributed by atoms with Crippen molar-refractivity contribution in [2.24, 2.45) is 0 Å². The summed E-state index contributed by atoms with van der Waals surface area (Å²) in [5.74, 6) is 2.08. The lowest BCUT2D eigenvalue weighted by Crippen LogP contribution is -2.29. The number of methoxy groups -OCH3 is 1. The standard InChI is InChI=1S/C29H25NO7/c1-4-34-21-10-7-18(13-23(21)33-3)26-25-27(31)19-11-16(2)5-8-20(19)37-28(25)29(32)30(26)14-17-6-9-22-24(12-17)36-15-35-22/h5-13,26H,4,14-15H2,1-3H3/t26-/m0/s1. The van der Waals surface area contributed by atoms with Gasteiger partial charge in [0, 0.05) is 6.54 Å². The highest BCUT2D eigenvalue weighted by Gasteiger charge is 2.43. The average molecular weight is 500 g/mol. The van der Waals surface area contributed by atoms with Gasteiger partial charge in [0.15, 0.2) is 28.4 Å². The summed E-state index contributed by atoms with van der Waals surface area (Å²) in [6, 6.07) is 15.7. The third kappa shape index (κ3) is 3.76. The van der Waals surface area contributed by atoms with Crippen molar-refractivity contribution in [1.29, 1.82) is 0 Å². The number of ether oxygens (including phenoxy) is 4. The van der Waals surface area contributed by atoms with Gasteiger partial charge < -0.3 is 28.3 Å². The number of hydrogen-bond donors (Lipinski definition) is 0. The van der Waals surface area contributed by atoms with E-state index in [-0.39, 0.29) is 30.4 Å². The Bertz CT molecular complexity index is 1610. The number of amides is 1. The van der Waals surface area contributed by atoms with Crippen molar-refractivity contribution < 1.29 is 28.2 Å². The van der Waals surface area contributed by atoms with Crippen LogP contribution < -0.4 is 24.4 Å². The molecule has 0 spiro atoms. The molecule has 0 bridgehead atoms. The predicted octanol–water partition coefficient (Wildman–Crippen LogP) is 4.98. The Balaban J connectivity index is 1.52. The summed E-state index contributed by atoms with van der Waals surface area (Å²) < 4.78 is 28.3. The number of benzene rings is 3. The molecule has 0 fully saturated rings. The number of hydrogen-bond acceptors (Lipinski definition) is 7. The molecule has 8 nitrogen and oxygen atoms in total.